The average molecular weight is 373 g/mol. The molecule has 0 aliphatic heterocycles. The zero-order valence-electron chi connectivity index (χ0n) is 15.7. The van der Waals surface area contributed by atoms with Gasteiger partial charge >= 0.3 is 0 Å². The number of nitrogens with one attached hydrogen (secondary N) is 2. The van der Waals surface area contributed by atoms with Crippen LogP contribution in [-0.2, 0) is 27.3 Å². The molecule has 0 saturated carbocycles. The molecule has 2 amide bonds. The first kappa shape index (κ1) is 22.0. The topological polar surface area (TPSA) is 106 Å². The van der Waals surface area contributed by atoms with E-state index < -0.39 is 0 Å². The molecule has 0 aliphatic carbocycles. The Kier molecular flexibility index (Phi) is 10.1. The fourth-order valence-electron chi connectivity index (χ4n) is 2.05. The van der Waals surface area contributed by atoms with Crippen molar-refractivity contribution in [1.82, 2.24) is 25.6 Å². The molecule has 0 aromatic carbocycles. The largest absolute Gasteiger partial charge is 0.353 e. The normalized spacial score (nSPS) is 10.6. The van der Waals surface area contributed by atoms with Gasteiger partial charge < -0.3 is 10.6 Å². The number of hydrogen-bond acceptors (Lipinski definition) is 5. The van der Waals surface area contributed by atoms with E-state index in [4.69, 9.17) is 0 Å². The van der Waals surface area contributed by atoms with E-state index in [0.29, 0.717) is 31.6 Å². The number of nitrogens with zero attached hydrogens (tertiary/aromatic N) is 3. The molecule has 8 heteroatoms. The predicted octanol–water partition coefficient (Wildman–Crippen LogP) is 1.11. The molecule has 0 bridgehead atoms. The van der Waals surface area contributed by atoms with Gasteiger partial charge in [-0.2, -0.15) is 0 Å². The number of carbonyl (C=O) groups excluding carboxylic acids is 3. The van der Waals surface area contributed by atoms with E-state index in [9.17, 15) is 14.4 Å². The molecule has 0 radical (unpaired) electrons. The number of aromatic nitrogens is 3. The van der Waals surface area contributed by atoms with Gasteiger partial charge in [-0.25, -0.2) is 0 Å². The van der Waals surface area contributed by atoms with E-state index in [1.807, 2.05) is 6.20 Å². The Morgan fingerprint density at radius 1 is 1.22 bits per heavy atom. The third kappa shape index (κ3) is 9.88. The van der Waals surface area contributed by atoms with Crippen molar-refractivity contribution in [3.63, 3.8) is 0 Å². The van der Waals surface area contributed by atoms with Crippen LogP contribution >= 0.6 is 0 Å². The van der Waals surface area contributed by atoms with E-state index in [1.165, 1.54) is 12.2 Å². The van der Waals surface area contributed by atoms with E-state index in [2.05, 4.69) is 34.1 Å². The van der Waals surface area contributed by atoms with Crippen LogP contribution in [0.5, 0.6) is 0 Å². The average Bonchev–Trinajstić information content (AvgIpc) is 3.10. The molecule has 0 atom stereocenters. The molecule has 146 valence electrons. The van der Waals surface area contributed by atoms with Crippen LogP contribution in [0.15, 0.2) is 43.2 Å². The molecule has 2 N–H and O–H groups in total. The Morgan fingerprint density at radius 3 is 2.70 bits per heavy atom. The van der Waals surface area contributed by atoms with Crippen molar-refractivity contribution < 1.29 is 14.4 Å². The van der Waals surface area contributed by atoms with Gasteiger partial charge in [0.1, 0.15) is 0 Å². The number of allylic oxidation sites excluding steroid dienone is 2. The van der Waals surface area contributed by atoms with Gasteiger partial charge in [-0.3, -0.25) is 19.1 Å². The van der Waals surface area contributed by atoms with Crippen molar-refractivity contribution in [2.45, 2.75) is 39.2 Å². The molecule has 0 unspecified atom stereocenters. The van der Waals surface area contributed by atoms with E-state index in [-0.39, 0.29) is 17.6 Å². The summed E-state index contributed by atoms with van der Waals surface area (Å²) in [4.78, 5) is 34.4. The summed E-state index contributed by atoms with van der Waals surface area (Å²) in [5, 5.41) is 13.5. The van der Waals surface area contributed by atoms with Crippen LogP contribution in [0.25, 0.3) is 0 Å². The van der Waals surface area contributed by atoms with Crippen molar-refractivity contribution >= 4 is 17.6 Å². The molecule has 0 saturated heterocycles. The highest BCUT2D eigenvalue weighted by atomic mass is 16.2. The number of aryl methyl sites for hydroxylation is 2. The Hall–Kier alpha value is -3.03. The number of ketones is 1. The van der Waals surface area contributed by atoms with E-state index in [0.717, 1.165) is 25.0 Å². The molecule has 27 heavy (non-hydrogen) atoms. The second kappa shape index (κ2) is 12.3. The summed E-state index contributed by atoms with van der Waals surface area (Å²) >= 11 is 0. The molecule has 1 heterocycles. The van der Waals surface area contributed by atoms with Crippen LogP contribution in [0, 0.1) is 0 Å². The Morgan fingerprint density at radius 2 is 2.00 bits per heavy atom. The Bertz CT molecular complexity index is 706. The van der Waals surface area contributed by atoms with Gasteiger partial charge in [0.15, 0.2) is 5.78 Å². The molecular formula is C19H27N5O3. The molecule has 1 rings (SSSR count). The standard InChI is InChI=1S/C19H27N5O3/c1-4-11-20-19(27)10-13-24-14-16(22-23-24)7-5-6-12-21-18(26)9-8-17(25)15(2)3/h4,8-9,14H,1-2,5-7,10-13H2,3H3,(H,20,27)(H,21,26)/b9-8+. The minimum Gasteiger partial charge on any atom is -0.353 e. The van der Waals surface area contributed by atoms with Gasteiger partial charge in [-0.05, 0) is 37.8 Å². The molecule has 1 aromatic rings. The number of carbonyl (C=O) groups is 3. The maximum atomic E-state index is 11.6. The first-order chi connectivity index (χ1) is 12.9. The van der Waals surface area contributed by atoms with E-state index in [1.54, 1.807) is 17.7 Å². The summed E-state index contributed by atoms with van der Waals surface area (Å²) in [6.07, 6.45) is 8.59. The second-order valence-corrected chi connectivity index (χ2v) is 6.04. The second-order valence-electron chi connectivity index (χ2n) is 6.04. The molecule has 8 nitrogen and oxygen atoms in total. The monoisotopic (exact) mass is 373 g/mol. The van der Waals surface area contributed by atoms with Gasteiger partial charge in [-0.1, -0.05) is 17.9 Å². The van der Waals surface area contributed by atoms with Gasteiger partial charge in [0, 0.05) is 31.8 Å². The van der Waals surface area contributed by atoms with Crippen molar-refractivity contribution in [3.05, 3.63) is 48.8 Å². The molecule has 0 aliphatic rings. The summed E-state index contributed by atoms with van der Waals surface area (Å²) in [5.41, 5.74) is 1.24. The fourth-order valence-corrected chi connectivity index (χ4v) is 2.05. The number of amides is 2. The lowest BCUT2D eigenvalue weighted by molar-refractivity contribution is -0.121. The third-order valence-electron chi connectivity index (χ3n) is 3.56. The summed E-state index contributed by atoms with van der Waals surface area (Å²) in [5.74, 6) is -0.613. The predicted molar refractivity (Wildman–Crippen MR) is 103 cm³/mol. The van der Waals surface area contributed by atoms with E-state index >= 15 is 0 Å². The number of rotatable bonds is 13. The summed E-state index contributed by atoms with van der Waals surface area (Å²) in [6, 6.07) is 0. The minimum absolute atomic E-state index is 0.0540. The summed E-state index contributed by atoms with van der Waals surface area (Å²) in [7, 11) is 0. The quantitative estimate of drug-likeness (QED) is 0.306. The van der Waals surface area contributed by atoms with Gasteiger partial charge in [0.05, 0.1) is 12.2 Å². The zero-order chi connectivity index (χ0) is 20.1. The van der Waals surface area contributed by atoms with Crippen LogP contribution < -0.4 is 10.6 Å². The summed E-state index contributed by atoms with van der Waals surface area (Å²) in [6.45, 7) is 10.1. The highest BCUT2D eigenvalue weighted by Gasteiger charge is 2.04. The van der Waals surface area contributed by atoms with Gasteiger partial charge in [-0.15, -0.1) is 11.7 Å². The van der Waals surface area contributed by atoms with Crippen molar-refractivity contribution in [2.75, 3.05) is 13.1 Å². The first-order valence-corrected chi connectivity index (χ1v) is 8.84. The smallest absolute Gasteiger partial charge is 0.244 e. The van der Waals surface area contributed by atoms with Crippen LogP contribution in [0.4, 0.5) is 0 Å². The lowest BCUT2D eigenvalue weighted by Crippen LogP contribution is -2.24. The number of unbranched alkanes of at least 4 members (excludes halogenated alkanes) is 1. The van der Waals surface area contributed by atoms with Gasteiger partial charge in [0.2, 0.25) is 11.8 Å². The Labute approximate surface area is 159 Å². The zero-order valence-corrected chi connectivity index (χ0v) is 15.7. The summed E-state index contributed by atoms with van der Waals surface area (Å²) < 4.78 is 1.65. The van der Waals surface area contributed by atoms with Crippen LogP contribution in [0.3, 0.4) is 0 Å². The van der Waals surface area contributed by atoms with Crippen molar-refractivity contribution in [3.8, 4) is 0 Å². The lowest BCUT2D eigenvalue weighted by atomic mass is 10.2. The highest BCUT2D eigenvalue weighted by Crippen LogP contribution is 2.01. The van der Waals surface area contributed by atoms with Crippen LogP contribution in [0.1, 0.15) is 31.9 Å². The number of hydrogen-bond donors (Lipinski definition) is 2. The maximum absolute atomic E-state index is 11.6. The fraction of sp³-hybridized carbons (Fsp3) is 0.421. The van der Waals surface area contributed by atoms with Crippen LogP contribution in [0.2, 0.25) is 0 Å². The van der Waals surface area contributed by atoms with Crippen molar-refractivity contribution in [2.24, 2.45) is 0 Å². The molecular weight excluding hydrogens is 346 g/mol. The lowest BCUT2D eigenvalue weighted by Gasteiger charge is -2.02. The SMILES string of the molecule is C=CCNC(=O)CCn1cc(CCCCNC(=O)/C=C/C(=O)C(=C)C)nn1. The third-order valence-corrected chi connectivity index (χ3v) is 3.56. The van der Waals surface area contributed by atoms with Crippen LogP contribution in [-0.4, -0.2) is 45.7 Å². The molecule has 0 spiro atoms. The maximum Gasteiger partial charge on any atom is 0.244 e. The molecule has 1 aromatic heterocycles. The first-order valence-electron chi connectivity index (χ1n) is 8.84. The molecule has 0 fully saturated rings. The van der Waals surface area contributed by atoms with Crippen molar-refractivity contribution in [1.29, 1.82) is 0 Å². The highest BCUT2D eigenvalue weighted by molar-refractivity contribution is 6.06. The van der Waals surface area contributed by atoms with Gasteiger partial charge in [0.25, 0.3) is 0 Å². The minimum atomic E-state index is -0.301. The Balaban J connectivity index is 2.18.